The molecule has 0 bridgehead atoms. The fraction of sp³-hybridized carbons (Fsp3) is 0.0769. The van der Waals surface area contributed by atoms with Crippen molar-refractivity contribution in [2.45, 2.75) is 6.42 Å². The summed E-state index contributed by atoms with van der Waals surface area (Å²) in [5.41, 5.74) is 8.65. The topological polar surface area (TPSA) is 51.8 Å². The summed E-state index contributed by atoms with van der Waals surface area (Å²) < 4.78 is 0. The van der Waals surface area contributed by atoms with E-state index in [1.807, 2.05) is 36.4 Å². The van der Waals surface area contributed by atoms with E-state index in [4.69, 9.17) is 5.73 Å². The van der Waals surface area contributed by atoms with Crippen molar-refractivity contribution in [3.63, 3.8) is 0 Å². The third-order valence-corrected chi connectivity index (χ3v) is 3.52. The number of fused-ring (bicyclic) bond motifs is 1. The van der Waals surface area contributed by atoms with Crippen LogP contribution in [0.25, 0.3) is 10.3 Å². The van der Waals surface area contributed by atoms with Crippen molar-refractivity contribution in [2.75, 3.05) is 5.73 Å². The molecule has 3 rings (SSSR count). The average molecular weight is 241 g/mol. The van der Waals surface area contributed by atoms with Crippen molar-refractivity contribution in [2.24, 2.45) is 0 Å². The molecular formula is C13H11N3S. The number of nitrogen functional groups attached to an aromatic ring is 1. The Morgan fingerprint density at radius 2 is 1.94 bits per heavy atom. The van der Waals surface area contributed by atoms with Gasteiger partial charge in [-0.3, -0.25) is 0 Å². The minimum absolute atomic E-state index is 0.791. The van der Waals surface area contributed by atoms with Crippen LogP contribution in [-0.2, 0) is 6.42 Å². The standard InChI is InChI=1S/C13H11N3S/c14-10-5-3-9(4-6-10)8-12-16-11-2-1-7-15-13(11)17-12/h1-7H,8,14H2. The smallest absolute Gasteiger partial charge is 0.143 e. The van der Waals surface area contributed by atoms with E-state index in [0.717, 1.165) is 27.5 Å². The highest BCUT2D eigenvalue weighted by molar-refractivity contribution is 7.18. The molecule has 0 aliphatic rings. The van der Waals surface area contributed by atoms with Gasteiger partial charge in [-0.25, -0.2) is 9.97 Å². The molecule has 0 radical (unpaired) electrons. The fourth-order valence-electron chi connectivity index (χ4n) is 1.70. The molecule has 0 saturated heterocycles. The molecular weight excluding hydrogens is 230 g/mol. The van der Waals surface area contributed by atoms with Gasteiger partial charge < -0.3 is 5.73 Å². The number of anilines is 1. The predicted molar refractivity (Wildman–Crippen MR) is 71.1 cm³/mol. The number of rotatable bonds is 2. The second-order valence-electron chi connectivity index (χ2n) is 3.85. The summed E-state index contributed by atoms with van der Waals surface area (Å²) in [7, 11) is 0. The average Bonchev–Trinajstić information content (AvgIpc) is 2.74. The molecule has 4 heteroatoms. The molecule has 84 valence electrons. The van der Waals surface area contributed by atoms with Crippen LogP contribution in [0.3, 0.4) is 0 Å². The SMILES string of the molecule is Nc1ccc(Cc2nc3cccnc3s2)cc1. The van der Waals surface area contributed by atoms with E-state index in [2.05, 4.69) is 9.97 Å². The Hall–Kier alpha value is -1.94. The molecule has 1 aromatic carbocycles. The molecule has 17 heavy (non-hydrogen) atoms. The van der Waals surface area contributed by atoms with Crippen LogP contribution < -0.4 is 5.73 Å². The summed E-state index contributed by atoms with van der Waals surface area (Å²) in [4.78, 5) is 9.85. The number of hydrogen-bond donors (Lipinski definition) is 1. The van der Waals surface area contributed by atoms with E-state index in [1.165, 1.54) is 5.56 Å². The number of thiazole rings is 1. The molecule has 3 nitrogen and oxygen atoms in total. The maximum absolute atomic E-state index is 5.66. The van der Waals surface area contributed by atoms with E-state index in [0.29, 0.717) is 0 Å². The summed E-state index contributed by atoms with van der Waals surface area (Å²) in [6, 6.07) is 11.8. The van der Waals surface area contributed by atoms with Gasteiger partial charge >= 0.3 is 0 Å². The highest BCUT2D eigenvalue weighted by Gasteiger charge is 2.04. The summed E-state index contributed by atoms with van der Waals surface area (Å²) in [6.45, 7) is 0. The maximum Gasteiger partial charge on any atom is 0.143 e. The van der Waals surface area contributed by atoms with Crippen LogP contribution in [0, 0.1) is 0 Å². The minimum atomic E-state index is 0.791. The van der Waals surface area contributed by atoms with E-state index >= 15 is 0 Å². The highest BCUT2D eigenvalue weighted by atomic mass is 32.1. The minimum Gasteiger partial charge on any atom is -0.399 e. The van der Waals surface area contributed by atoms with Crippen LogP contribution in [-0.4, -0.2) is 9.97 Å². The molecule has 2 N–H and O–H groups in total. The Balaban J connectivity index is 1.92. The van der Waals surface area contributed by atoms with Gasteiger partial charge in [0.05, 0.1) is 5.01 Å². The number of pyridine rings is 1. The van der Waals surface area contributed by atoms with Crippen molar-refractivity contribution < 1.29 is 0 Å². The van der Waals surface area contributed by atoms with E-state index in [-0.39, 0.29) is 0 Å². The molecule has 0 amide bonds. The van der Waals surface area contributed by atoms with Crippen LogP contribution in [0.5, 0.6) is 0 Å². The van der Waals surface area contributed by atoms with Crippen molar-refractivity contribution in [3.05, 3.63) is 53.2 Å². The first-order chi connectivity index (χ1) is 8.31. The number of hydrogen-bond acceptors (Lipinski definition) is 4. The lowest BCUT2D eigenvalue weighted by molar-refractivity contribution is 1.15. The number of benzene rings is 1. The highest BCUT2D eigenvalue weighted by Crippen LogP contribution is 2.21. The second-order valence-corrected chi connectivity index (χ2v) is 4.92. The fourth-order valence-corrected chi connectivity index (χ4v) is 2.64. The lowest BCUT2D eigenvalue weighted by atomic mass is 10.1. The summed E-state index contributed by atoms with van der Waals surface area (Å²) in [5, 5.41) is 1.09. The molecule has 0 saturated carbocycles. The Labute approximate surface area is 103 Å². The molecule has 0 aliphatic heterocycles. The van der Waals surface area contributed by atoms with E-state index < -0.39 is 0 Å². The Morgan fingerprint density at radius 1 is 1.12 bits per heavy atom. The quantitative estimate of drug-likeness (QED) is 0.702. The molecule has 2 aromatic heterocycles. The zero-order chi connectivity index (χ0) is 11.7. The van der Waals surface area contributed by atoms with Crippen LogP contribution in [0.2, 0.25) is 0 Å². The zero-order valence-corrected chi connectivity index (χ0v) is 9.95. The Kier molecular flexibility index (Phi) is 2.49. The lowest BCUT2D eigenvalue weighted by Gasteiger charge is -1.98. The van der Waals surface area contributed by atoms with Gasteiger partial charge in [-0.2, -0.15) is 0 Å². The summed E-state index contributed by atoms with van der Waals surface area (Å²) in [5.74, 6) is 0. The molecule has 0 aliphatic carbocycles. The molecule has 0 atom stereocenters. The summed E-state index contributed by atoms with van der Waals surface area (Å²) >= 11 is 1.64. The molecule has 2 heterocycles. The van der Waals surface area contributed by atoms with Crippen molar-refractivity contribution in [3.8, 4) is 0 Å². The number of nitrogens with two attached hydrogens (primary N) is 1. The largest absolute Gasteiger partial charge is 0.399 e. The van der Waals surface area contributed by atoms with Gasteiger partial charge in [-0.05, 0) is 29.8 Å². The van der Waals surface area contributed by atoms with E-state index in [1.54, 1.807) is 17.5 Å². The monoisotopic (exact) mass is 241 g/mol. The summed E-state index contributed by atoms with van der Waals surface area (Å²) in [6.07, 6.45) is 2.63. The normalized spacial score (nSPS) is 10.8. The van der Waals surface area contributed by atoms with Gasteiger partial charge in [0.25, 0.3) is 0 Å². The van der Waals surface area contributed by atoms with Gasteiger partial charge in [-0.15, -0.1) is 0 Å². The first kappa shape index (κ1) is 10.2. The van der Waals surface area contributed by atoms with Gasteiger partial charge in [0.15, 0.2) is 0 Å². The van der Waals surface area contributed by atoms with Crippen LogP contribution >= 0.6 is 11.3 Å². The van der Waals surface area contributed by atoms with Gasteiger partial charge in [0.2, 0.25) is 0 Å². The number of nitrogens with zero attached hydrogens (tertiary/aromatic N) is 2. The van der Waals surface area contributed by atoms with Crippen molar-refractivity contribution in [1.82, 2.24) is 9.97 Å². The van der Waals surface area contributed by atoms with Crippen molar-refractivity contribution in [1.29, 1.82) is 0 Å². The first-order valence-corrected chi connectivity index (χ1v) is 6.18. The predicted octanol–water partition coefficient (Wildman–Crippen LogP) is 2.86. The number of aromatic nitrogens is 2. The molecule has 0 fully saturated rings. The first-order valence-electron chi connectivity index (χ1n) is 5.36. The van der Waals surface area contributed by atoms with Crippen molar-refractivity contribution >= 4 is 27.4 Å². The van der Waals surface area contributed by atoms with Crippen LogP contribution in [0.15, 0.2) is 42.6 Å². The van der Waals surface area contributed by atoms with Crippen LogP contribution in [0.4, 0.5) is 5.69 Å². The van der Waals surface area contributed by atoms with Gasteiger partial charge in [0, 0.05) is 18.3 Å². The second kappa shape index (κ2) is 4.14. The maximum atomic E-state index is 5.66. The third-order valence-electron chi connectivity index (χ3n) is 2.55. The zero-order valence-electron chi connectivity index (χ0n) is 9.13. The van der Waals surface area contributed by atoms with E-state index in [9.17, 15) is 0 Å². The lowest BCUT2D eigenvalue weighted by Crippen LogP contribution is -1.88. The van der Waals surface area contributed by atoms with Crippen LogP contribution in [0.1, 0.15) is 10.6 Å². The molecule has 0 unspecified atom stereocenters. The molecule has 0 spiro atoms. The third kappa shape index (κ3) is 2.12. The van der Waals surface area contributed by atoms with Gasteiger partial charge in [-0.1, -0.05) is 23.5 Å². The van der Waals surface area contributed by atoms with Gasteiger partial charge in [0.1, 0.15) is 10.3 Å². The Morgan fingerprint density at radius 3 is 2.71 bits per heavy atom. The Bertz CT molecular complexity index is 610. The molecule has 3 aromatic rings.